The fourth-order valence-corrected chi connectivity index (χ4v) is 3.55. The van der Waals surface area contributed by atoms with Crippen LogP contribution in [-0.4, -0.2) is 54.8 Å². The lowest BCUT2D eigenvalue weighted by Crippen LogP contribution is -2.38. The van der Waals surface area contributed by atoms with Crippen LogP contribution in [0.5, 0.6) is 0 Å². The number of amides is 1. The molecule has 1 N–H and O–H groups in total. The van der Waals surface area contributed by atoms with Crippen molar-refractivity contribution in [2.45, 2.75) is 25.3 Å². The Hall–Kier alpha value is -1.82. The average Bonchev–Trinajstić information content (AvgIpc) is 3.19. The highest BCUT2D eigenvalue weighted by Crippen LogP contribution is 2.23. The van der Waals surface area contributed by atoms with E-state index in [4.69, 9.17) is 16.3 Å². The van der Waals surface area contributed by atoms with Gasteiger partial charge in [-0.05, 0) is 42.8 Å². The number of aromatic nitrogens is 1. The number of benzene rings is 1. The van der Waals surface area contributed by atoms with Gasteiger partial charge in [0.1, 0.15) is 0 Å². The van der Waals surface area contributed by atoms with Crippen molar-refractivity contribution in [3.8, 4) is 0 Å². The Bertz CT molecular complexity index is 682. The largest absolute Gasteiger partial charge is 0.379 e. The normalized spacial score (nSPS) is 16.2. The van der Waals surface area contributed by atoms with Crippen LogP contribution in [0.3, 0.4) is 0 Å². The number of ether oxygens (including phenoxy) is 1. The van der Waals surface area contributed by atoms with Gasteiger partial charge in [0.25, 0.3) is 0 Å². The topological polar surface area (TPSA) is 46.5 Å². The molecule has 2 heterocycles. The summed E-state index contributed by atoms with van der Waals surface area (Å²) in [4.78, 5) is 14.9. The van der Waals surface area contributed by atoms with Gasteiger partial charge < -0.3 is 14.6 Å². The molecule has 1 fully saturated rings. The Morgan fingerprint density at radius 1 is 1.15 bits per heavy atom. The van der Waals surface area contributed by atoms with Gasteiger partial charge in [0.15, 0.2) is 0 Å². The maximum absolute atomic E-state index is 12.5. The van der Waals surface area contributed by atoms with Crippen LogP contribution in [0.2, 0.25) is 5.02 Å². The highest BCUT2D eigenvalue weighted by Gasteiger charge is 2.17. The third-order valence-electron chi connectivity index (χ3n) is 4.95. The summed E-state index contributed by atoms with van der Waals surface area (Å²) in [6.45, 7) is 6.10. The number of morpholine rings is 1. The maximum Gasteiger partial charge on any atom is 0.220 e. The predicted molar refractivity (Wildman–Crippen MR) is 108 cm³/mol. The second-order valence-electron chi connectivity index (χ2n) is 6.99. The first-order valence-corrected chi connectivity index (χ1v) is 10.0. The highest BCUT2D eigenvalue weighted by molar-refractivity contribution is 6.30. The van der Waals surface area contributed by atoms with Crippen molar-refractivity contribution in [3.63, 3.8) is 0 Å². The lowest BCUT2D eigenvalue weighted by Gasteiger charge is -2.26. The third-order valence-corrected chi connectivity index (χ3v) is 5.20. The molecule has 2 aromatic rings. The van der Waals surface area contributed by atoms with Gasteiger partial charge in [-0.25, -0.2) is 0 Å². The van der Waals surface area contributed by atoms with Crippen LogP contribution in [-0.2, 0) is 16.1 Å². The molecule has 1 aliphatic rings. The second-order valence-corrected chi connectivity index (χ2v) is 7.43. The van der Waals surface area contributed by atoms with Crippen molar-refractivity contribution >= 4 is 17.5 Å². The zero-order valence-corrected chi connectivity index (χ0v) is 16.4. The molecule has 0 spiro atoms. The minimum atomic E-state index is 0.101. The maximum atomic E-state index is 12.5. The Morgan fingerprint density at radius 3 is 2.56 bits per heavy atom. The van der Waals surface area contributed by atoms with Crippen LogP contribution in [0.25, 0.3) is 0 Å². The van der Waals surface area contributed by atoms with Gasteiger partial charge in [-0.2, -0.15) is 0 Å². The molecule has 0 radical (unpaired) electrons. The van der Waals surface area contributed by atoms with Crippen LogP contribution in [0.15, 0.2) is 48.8 Å². The number of rotatable bonds is 9. The fraction of sp³-hybridized carbons (Fsp3) is 0.476. The fourth-order valence-electron chi connectivity index (χ4n) is 3.42. The van der Waals surface area contributed by atoms with Gasteiger partial charge in [0.05, 0.1) is 13.2 Å². The second kappa shape index (κ2) is 10.5. The molecule has 0 saturated carbocycles. The zero-order chi connectivity index (χ0) is 18.9. The number of nitrogens with zero attached hydrogens (tertiary/aromatic N) is 2. The van der Waals surface area contributed by atoms with E-state index in [9.17, 15) is 4.79 Å². The molecule has 1 amide bonds. The van der Waals surface area contributed by atoms with Gasteiger partial charge in [-0.1, -0.05) is 23.7 Å². The Labute approximate surface area is 166 Å². The number of nitrogens with one attached hydrogen (secondary N) is 1. The number of carbonyl (C=O) groups excluding carboxylic acids is 1. The van der Waals surface area contributed by atoms with Crippen molar-refractivity contribution in [2.24, 2.45) is 0 Å². The Balaban J connectivity index is 1.48. The molecule has 0 bridgehead atoms. The molecule has 3 rings (SSSR count). The predicted octanol–water partition coefficient (Wildman–Crippen LogP) is 3.15. The van der Waals surface area contributed by atoms with Crippen LogP contribution >= 0.6 is 11.6 Å². The van der Waals surface area contributed by atoms with E-state index in [1.54, 1.807) is 0 Å². The van der Waals surface area contributed by atoms with E-state index in [2.05, 4.69) is 14.8 Å². The third kappa shape index (κ3) is 6.69. The summed E-state index contributed by atoms with van der Waals surface area (Å²) in [6, 6.07) is 11.8. The van der Waals surface area contributed by atoms with E-state index in [-0.39, 0.29) is 11.8 Å². The van der Waals surface area contributed by atoms with Crippen molar-refractivity contribution in [1.29, 1.82) is 0 Å². The van der Waals surface area contributed by atoms with Crippen molar-refractivity contribution in [2.75, 3.05) is 39.4 Å². The first-order valence-electron chi connectivity index (χ1n) is 9.64. The average molecular weight is 390 g/mol. The first-order chi connectivity index (χ1) is 13.2. The van der Waals surface area contributed by atoms with Crippen LogP contribution in [0, 0.1) is 0 Å². The van der Waals surface area contributed by atoms with Gasteiger partial charge >= 0.3 is 0 Å². The number of carbonyl (C=O) groups is 1. The number of hydrogen-bond donors (Lipinski definition) is 1. The summed E-state index contributed by atoms with van der Waals surface area (Å²) < 4.78 is 7.47. The minimum absolute atomic E-state index is 0.101. The SMILES string of the molecule is O=C(C[C@@H](Cn1cccc1)c1ccc(Cl)cc1)NCCCN1CCOCC1. The molecule has 5 nitrogen and oxygen atoms in total. The van der Waals surface area contributed by atoms with Gasteiger partial charge in [0, 0.05) is 55.9 Å². The standard InChI is InChI=1S/C21H28ClN3O2/c22-20-6-4-18(5-7-20)19(17-25-9-1-2-10-25)16-21(26)23-8-3-11-24-12-14-27-15-13-24/h1-2,4-7,9-10,19H,3,8,11-17H2,(H,23,26)/t19-/m0/s1. The summed E-state index contributed by atoms with van der Waals surface area (Å²) >= 11 is 6.02. The molecule has 6 heteroatoms. The molecule has 0 unspecified atom stereocenters. The highest BCUT2D eigenvalue weighted by atomic mass is 35.5. The molecule has 27 heavy (non-hydrogen) atoms. The van der Waals surface area contributed by atoms with E-state index in [1.165, 1.54) is 0 Å². The molecule has 1 saturated heterocycles. The molecular weight excluding hydrogens is 362 g/mol. The van der Waals surface area contributed by atoms with E-state index < -0.39 is 0 Å². The zero-order valence-electron chi connectivity index (χ0n) is 15.6. The summed E-state index contributed by atoms with van der Waals surface area (Å²) in [5, 5.41) is 3.80. The molecule has 1 atom stereocenters. The van der Waals surface area contributed by atoms with E-state index >= 15 is 0 Å². The van der Waals surface area contributed by atoms with Crippen LogP contribution in [0.1, 0.15) is 24.3 Å². The Kier molecular flexibility index (Phi) is 7.75. The smallest absolute Gasteiger partial charge is 0.220 e. The summed E-state index contributed by atoms with van der Waals surface area (Å²) in [5.41, 5.74) is 1.14. The number of hydrogen-bond acceptors (Lipinski definition) is 3. The van der Waals surface area contributed by atoms with Gasteiger partial charge in [0.2, 0.25) is 5.91 Å². The van der Waals surface area contributed by atoms with Crippen LogP contribution < -0.4 is 5.32 Å². The monoisotopic (exact) mass is 389 g/mol. The molecule has 1 aliphatic heterocycles. The van der Waals surface area contributed by atoms with Crippen molar-refractivity contribution in [3.05, 3.63) is 59.4 Å². The van der Waals surface area contributed by atoms with Crippen molar-refractivity contribution < 1.29 is 9.53 Å². The first kappa shape index (κ1) is 19.9. The van der Waals surface area contributed by atoms with Crippen LogP contribution in [0.4, 0.5) is 0 Å². The molecule has 1 aromatic carbocycles. The summed E-state index contributed by atoms with van der Waals surface area (Å²) in [7, 11) is 0. The molecule has 0 aliphatic carbocycles. The quantitative estimate of drug-likeness (QED) is 0.670. The van der Waals surface area contributed by atoms with Gasteiger partial charge in [-0.15, -0.1) is 0 Å². The summed E-state index contributed by atoms with van der Waals surface area (Å²) in [5.74, 6) is 0.220. The minimum Gasteiger partial charge on any atom is -0.379 e. The van der Waals surface area contributed by atoms with E-state index in [0.717, 1.165) is 51.4 Å². The summed E-state index contributed by atoms with van der Waals surface area (Å²) in [6.07, 6.45) is 5.50. The molecule has 146 valence electrons. The van der Waals surface area contributed by atoms with Crippen molar-refractivity contribution in [1.82, 2.24) is 14.8 Å². The Morgan fingerprint density at radius 2 is 1.85 bits per heavy atom. The lowest BCUT2D eigenvalue weighted by molar-refractivity contribution is -0.121. The van der Waals surface area contributed by atoms with E-state index in [0.29, 0.717) is 18.0 Å². The molecule has 1 aromatic heterocycles. The molecular formula is C21H28ClN3O2. The van der Waals surface area contributed by atoms with Gasteiger partial charge in [-0.3, -0.25) is 9.69 Å². The number of halogens is 1. The van der Waals surface area contributed by atoms with E-state index in [1.807, 2.05) is 48.8 Å². The lowest BCUT2D eigenvalue weighted by atomic mass is 9.95.